The van der Waals surface area contributed by atoms with E-state index in [4.69, 9.17) is 4.42 Å². The van der Waals surface area contributed by atoms with E-state index in [1.807, 2.05) is 30.3 Å². The number of hydrogen-bond donors (Lipinski definition) is 1. The lowest BCUT2D eigenvalue weighted by Gasteiger charge is -2.38. The summed E-state index contributed by atoms with van der Waals surface area (Å²) in [5.74, 6) is 0.336. The second-order valence-corrected chi connectivity index (χ2v) is 6.90. The molecule has 2 fully saturated rings. The molecule has 1 aliphatic carbocycles. The minimum Gasteiger partial charge on any atom is -0.459 e. The molecule has 0 unspecified atom stereocenters. The first-order valence-electron chi connectivity index (χ1n) is 9.14. The van der Waals surface area contributed by atoms with Gasteiger partial charge in [-0.05, 0) is 30.5 Å². The largest absolute Gasteiger partial charge is 0.459 e. The maximum absolute atomic E-state index is 12.8. The highest BCUT2D eigenvalue weighted by Crippen LogP contribution is 2.26. The number of carbonyl (C=O) groups is 2. The van der Waals surface area contributed by atoms with E-state index >= 15 is 0 Å². The summed E-state index contributed by atoms with van der Waals surface area (Å²) < 4.78 is 5.21. The Bertz CT molecular complexity index is 748. The molecule has 6 heteroatoms. The molecule has 4 rings (SSSR count). The summed E-state index contributed by atoms with van der Waals surface area (Å²) in [7, 11) is 0. The van der Waals surface area contributed by atoms with Gasteiger partial charge in [0.05, 0.1) is 6.26 Å². The lowest BCUT2D eigenvalue weighted by atomic mass is 10.0. The summed E-state index contributed by atoms with van der Waals surface area (Å²) in [5, 5.41) is 3.13. The highest BCUT2D eigenvalue weighted by Gasteiger charge is 2.34. The van der Waals surface area contributed by atoms with E-state index in [1.165, 1.54) is 6.26 Å². The van der Waals surface area contributed by atoms with E-state index in [2.05, 4.69) is 10.2 Å². The van der Waals surface area contributed by atoms with Crippen molar-refractivity contribution in [3.8, 4) is 0 Å². The van der Waals surface area contributed by atoms with Crippen LogP contribution in [0, 0.1) is 0 Å². The van der Waals surface area contributed by atoms with Gasteiger partial charge in [-0.15, -0.1) is 0 Å². The van der Waals surface area contributed by atoms with Crippen LogP contribution in [0.3, 0.4) is 0 Å². The van der Waals surface area contributed by atoms with Gasteiger partial charge in [-0.1, -0.05) is 30.3 Å². The predicted octanol–water partition coefficient (Wildman–Crippen LogP) is 2.06. The molecule has 2 heterocycles. The molecule has 1 N–H and O–H groups in total. The summed E-state index contributed by atoms with van der Waals surface area (Å²) >= 11 is 0. The van der Waals surface area contributed by atoms with Gasteiger partial charge in [-0.3, -0.25) is 14.5 Å². The van der Waals surface area contributed by atoms with Crippen LogP contribution in [-0.2, 0) is 4.79 Å². The second kappa shape index (κ2) is 7.33. The van der Waals surface area contributed by atoms with Crippen molar-refractivity contribution < 1.29 is 14.0 Å². The Kier molecular flexibility index (Phi) is 4.75. The molecule has 6 nitrogen and oxygen atoms in total. The Labute approximate surface area is 152 Å². The van der Waals surface area contributed by atoms with Crippen LogP contribution < -0.4 is 5.32 Å². The molecule has 2 aliphatic rings. The summed E-state index contributed by atoms with van der Waals surface area (Å²) in [4.78, 5) is 29.2. The van der Waals surface area contributed by atoms with Gasteiger partial charge < -0.3 is 14.6 Å². The standard InChI is InChI=1S/C20H23N3O3/c24-19(21-16-8-9-16)18(15-5-2-1-3-6-15)22-10-12-23(13-11-22)20(25)17-7-4-14-26-17/h1-7,14,16,18H,8-13H2,(H,21,24)/t18-/m0/s1. The maximum atomic E-state index is 12.8. The maximum Gasteiger partial charge on any atom is 0.289 e. The van der Waals surface area contributed by atoms with Crippen molar-refractivity contribution in [2.24, 2.45) is 0 Å². The van der Waals surface area contributed by atoms with E-state index in [9.17, 15) is 9.59 Å². The van der Waals surface area contributed by atoms with Gasteiger partial charge in [-0.2, -0.15) is 0 Å². The fourth-order valence-corrected chi connectivity index (χ4v) is 3.41. The van der Waals surface area contributed by atoms with Crippen LogP contribution in [0.4, 0.5) is 0 Å². The third-order valence-electron chi connectivity index (χ3n) is 4.99. The highest BCUT2D eigenvalue weighted by atomic mass is 16.3. The number of amides is 2. The van der Waals surface area contributed by atoms with Crippen molar-refractivity contribution in [3.05, 3.63) is 60.1 Å². The molecule has 0 radical (unpaired) electrons. The van der Waals surface area contributed by atoms with E-state index in [0.29, 0.717) is 38.0 Å². The van der Waals surface area contributed by atoms with Crippen molar-refractivity contribution in [2.45, 2.75) is 24.9 Å². The minimum atomic E-state index is -0.308. The van der Waals surface area contributed by atoms with Crippen LogP contribution in [0.25, 0.3) is 0 Å². The number of hydrogen-bond acceptors (Lipinski definition) is 4. The van der Waals surface area contributed by atoms with Gasteiger partial charge in [0.15, 0.2) is 5.76 Å². The molecule has 1 aliphatic heterocycles. The molecule has 0 bridgehead atoms. The Hall–Kier alpha value is -2.60. The zero-order valence-electron chi connectivity index (χ0n) is 14.6. The minimum absolute atomic E-state index is 0.0597. The van der Waals surface area contributed by atoms with Crippen LogP contribution in [0.2, 0.25) is 0 Å². The third kappa shape index (κ3) is 3.65. The summed E-state index contributed by atoms with van der Waals surface area (Å²) in [6.07, 6.45) is 3.65. The average Bonchev–Trinajstić information content (AvgIpc) is 3.31. The van der Waals surface area contributed by atoms with E-state index < -0.39 is 0 Å². The topological polar surface area (TPSA) is 65.8 Å². The van der Waals surface area contributed by atoms with E-state index in [0.717, 1.165) is 18.4 Å². The molecule has 26 heavy (non-hydrogen) atoms. The predicted molar refractivity (Wildman–Crippen MR) is 96.5 cm³/mol. The van der Waals surface area contributed by atoms with Crippen molar-refractivity contribution in [3.63, 3.8) is 0 Å². The fraction of sp³-hybridized carbons (Fsp3) is 0.400. The van der Waals surface area contributed by atoms with Crippen molar-refractivity contribution >= 4 is 11.8 Å². The zero-order chi connectivity index (χ0) is 17.9. The summed E-state index contributed by atoms with van der Waals surface area (Å²) in [6.45, 7) is 2.48. The summed E-state index contributed by atoms with van der Waals surface area (Å²) in [6, 6.07) is 13.3. The van der Waals surface area contributed by atoms with Crippen LogP contribution in [0.1, 0.15) is 35.0 Å². The second-order valence-electron chi connectivity index (χ2n) is 6.90. The number of nitrogens with one attached hydrogen (secondary N) is 1. The number of carbonyl (C=O) groups excluding carboxylic acids is 2. The Balaban J connectivity index is 1.45. The van der Waals surface area contributed by atoms with Gasteiger partial charge in [0, 0.05) is 32.2 Å². The monoisotopic (exact) mass is 353 g/mol. The van der Waals surface area contributed by atoms with Crippen LogP contribution >= 0.6 is 0 Å². The Morgan fingerprint density at radius 1 is 1.00 bits per heavy atom. The Morgan fingerprint density at radius 3 is 2.35 bits per heavy atom. The molecule has 1 saturated carbocycles. The van der Waals surface area contributed by atoms with Gasteiger partial charge in [0.1, 0.15) is 6.04 Å². The fourth-order valence-electron chi connectivity index (χ4n) is 3.41. The first kappa shape index (κ1) is 16.8. The molecule has 0 spiro atoms. The molecule has 2 aromatic rings. The smallest absolute Gasteiger partial charge is 0.289 e. The van der Waals surface area contributed by atoms with Crippen LogP contribution in [-0.4, -0.2) is 53.8 Å². The Morgan fingerprint density at radius 2 is 1.73 bits per heavy atom. The number of benzene rings is 1. The molecule has 136 valence electrons. The van der Waals surface area contributed by atoms with Crippen LogP contribution in [0.15, 0.2) is 53.1 Å². The van der Waals surface area contributed by atoms with Crippen LogP contribution in [0.5, 0.6) is 0 Å². The van der Waals surface area contributed by atoms with Crippen molar-refractivity contribution in [2.75, 3.05) is 26.2 Å². The number of furan rings is 1. The number of nitrogens with zero attached hydrogens (tertiary/aromatic N) is 2. The van der Waals surface area contributed by atoms with Gasteiger partial charge in [0.25, 0.3) is 5.91 Å². The van der Waals surface area contributed by atoms with E-state index in [-0.39, 0.29) is 17.9 Å². The lowest BCUT2D eigenvalue weighted by molar-refractivity contribution is -0.127. The molecule has 2 amide bonds. The number of piperazine rings is 1. The van der Waals surface area contributed by atoms with Crippen molar-refractivity contribution in [1.29, 1.82) is 0 Å². The third-order valence-corrected chi connectivity index (χ3v) is 4.99. The first-order valence-corrected chi connectivity index (χ1v) is 9.14. The first-order chi connectivity index (χ1) is 12.7. The molecule has 1 aromatic carbocycles. The van der Waals surface area contributed by atoms with E-state index in [1.54, 1.807) is 17.0 Å². The molecule has 1 saturated heterocycles. The normalized spacial score (nSPS) is 19.2. The SMILES string of the molecule is O=C(NC1CC1)[C@H](c1ccccc1)N1CCN(C(=O)c2ccco2)CC1. The lowest BCUT2D eigenvalue weighted by Crippen LogP contribution is -2.52. The molecular formula is C20H23N3O3. The zero-order valence-corrected chi connectivity index (χ0v) is 14.6. The quantitative estimate of drug-likeness (QED) is 0.894. The van der Waals surface area contributed by atoms with Gasteiger partial charge >= 0.3 is 0 Å². The molecule has 1 aromatic heterocycles. The molecular weight excluding hydrogens is 330 g/mol. The summed E-state index contributed by atoms with van der Waals surface area (Å²) in [5.41, 5.74) is 0.997. The highest BCUT2D eigenvalue weighted by molar-refractivity contribution is 5.91. The average molecular weight is 353 g/mol. The van der Waals surface area contributed by atoms with Crippen molar-refractivity contribution in [1.82, 2.24) is 15.1 Å². The van der Waals surface area contributed by atoms with Gasteiger partial charge in [-0.25, -0.2) is 0 Å². The molecule has 1 atom stereocenters. The van der Waals surface area contributed by atoms with Gasteiger partial charge in [0.2, 0.25) is 5.91 Å². The number of rotatable bonds is 5.